The van der Waals surface area contributed by atoms with E-state index in [4.69, 9.17) is 0 Å². The van der Waals surface area contributed by atoms with Crippen LogP contribution in [0.4, 0.5) is 0 Å². The first-order valence-corrected chi connectivity index (χ1v) is 5.23. The third-order valence-corrected chi connectivity index (χ3v) is 2.72. The van der Waals surface area contributed by atoms with Gasteiger partial charge in [0.2, 0.25) is 0 Å². The van der Waals surface area contributed by atoms with Crippen LogP contribution in [0.25, 0.3) is 10.9 Å². The van der Waals surface area contributed by atoms with Crippen LogP contribution in [-0.2, 0) is 13.5 Å². The van der Waals surface area contributed by atoms with Gasteiger partial charge in [0.15, 0.2) is 0 Å². The van der Waals surface area contributed by atoms with Crippen molar-refractivity contribution in [3.05, 3.63) is 48.2 Å². The van der Waals surface area contributed by atoms with Crippen molar-refractivity contribution < 1.29 is 0 Å². The molecule has 0 fully saturated rings. The Kier molecular flexibility index (Phi) is 1.99. The molecular formula is C12H12N4. The zero-order valence-corrected chi connectivity index (χ0v) is 9.01. The lowest BCUT2D eigenvalue weighted by atomic mass is 10.1. The molecule has 0 aliphatic heterocycles. The summed E-state index contributed by atoms with van der Waals surface area (Å²) in [5, 5.41) is 5.72. The molecular weight excluding hydrogens is 200 g/mol. The van der Waals surface area contributed by atoms with Crippen LogP contribution in [-0.4, -0.2) is 19.7 Å². The number of benzene rings is 1. The Bertz CT molecular complexity index is 607. The maximum absolute atomic E-state index is 4.52. The lowest BCUT2D eigenvalue weighted by Crippen LogP contribution is -1.94. The van der Waals surface area contributed by atoms with Crippen molar-refractivity contribution in [1.82, 2.24) is 19.7 Å². The summed E-state index contributed by atoms with van der Waals surface area (Å²) in [6.45, 7) is 0. The zero-order chi connectivity index (χ0) is 11.0. The molecule has 0 spiro atoms. The number of fused-ring (bicyclic) bond motifs is 1. The fourth-order valence-corrected chi connectivity index (χ4v) is 1.97. The van der Waals surface area contributed by atoms with Crippen LogP contribution in [0.1, 0.15) is 11.5 Å². The molecule has 0 saturated heterocycles. The number of nitrogens with one attached hydrogen (secondary N) is 1. The number of aromatic amines is 1. The highest BCUT2D eigenvalue weighted by Gasteiger charge is 2.08. The number of rotatable bonds is 2. The van der Waals surface area contributed by atoms with Crippen molar-refractivity contribution in [2.75, 3.05) is 0 Å². The van der Waals surface area contributed by atoms with Crippen molar-refractivity contribution in [2.45, 2.75) is 6.42 Å². The Morgan fingerprint density at radius 2 is 2.19 bits per heavy atom. The van der Waals surface area contributed by atoms with E-state index in [-0.39, 0.29) is 0 Å². The van der Waals surface area contributed by atoms with E-state index in [1.54, 1.807) is 6.20 Å². The van der Waals surface area contributed by atoms with E-state index in [0.717, 1.165) is 23.5 Å². The van der Waals surface area contributed by atoms with Crippen molar-refractivity contribution >= 4 is 10.9 Å². The Balaban J connectivity index is 2.10. The number of imidazole rings is 1. The Morgan fingerprint density at radius 1 is 1.31 bits per heavy atom. The smallest absolute Gasteiger partial charge is 0.112 e. The topological polar surface area (TPSA) is 46.5 Å². The summed E-state index contributed by atoms with van der Waals surface area (Å²) in [6, 6.07) is 8.24. The van der Waals surface area contributed by atoms with Crippen LogP contribution in [0.3, 0.4) is 0 Å². The summed E-state index contributed by atoms with van der Waals surface area (Å²) < 4.78 is 1.91. The van der Waals surface area contributed by atoms with Crippen molar-refractivity contribution in [1.29, 1.82) is 0 Å². The molecule has 16 heavy (non-hydrogen) atoms. The normalized spacial score (nSPS) is 11.1. The summed E-state index contributed by atoms with van der Waals surface area (Å²) in [5.74, 6) is 0.948. The number of aromatic nitrogens is 4. The van der Waals surface area contributed by atoms with E-state index in [9.17, 15) is 0 Å². The standard InChI is InChI=1S/C12H12N4/c1-16-11-5-3-2-4-9(11)10(15-16)8-12-13-6-7-14-12/h2-7H,8H2,1H3,(H,13,14). The molecule has 0 aliphatic rings. The van der Waals surface area contributed by atoms with Gasteiger partial charge in [0.1, 0.15) is 5.82 Å². The summed E-state index contributed by atoms with van der Waals surface area (Å²) in [6.07, 6.45) is 4.34. The fourth-order valence-electron chi connectivity index (χ4n) is 1.97. The summed E-state index contributed by atoms with van der Waals surface area (Å²) in [7, 11) is 1.97. The van der Waals surface area contributed by atoms with Gasteiger partial charge in [-0.2, -0.15) is 5.10 Å². The van der Waals surface area contributed by atoms with Gasteiger partial charge >= 0.3 is 0 Å². The molecule has 0 aliphatic carbocycles. The number of aryl methyl sites for hydroxylation is 1. The molecule has 2 aromatic heterocycles. The minimum Gasteiger partial charge on any atom is -0.348 e. The molecule has 80 valence electrons. The van der Waals surface area contributed by atoms with Gasteiger partial charge in [-0.1, -0.05) is 18.2 Å². The first-order valence-electron chi connectivity index (χ1n) is 5.23. The Labute approximate surface area is 92.9 Å². The second kappa shape index (κ2) is 3.48. The van der Waals surface area contributed by atoms with Crippen LogP contribution in [0, 0.1) is 0 Å². The molecule has 1 N–H and O–H groups in total. The molecule has 4 nitrogen and oxygen atoms in total. The van der Waals surface area contributed by atoms with Crippen LogP contribution in [0.5, 0.6) is 0 Å². The van der Waals surface area contributed by atoms with Gasteiger partial charge < -0.3 is 4.98 Å². The highest BCUT2D eigenvalue weighted by molar-refractivity contribution is 5.82. The number of nitrogens with zero attached hydrogens (tertiary/aromatic N) is 3. The van der Waals surface area contributed by atoms with Crippen LogP contribution in [0.15, 0.2) is 36.7 Å². The fraction of sp³-hybridized carbons (Fsp3) is 0.167. The van der Waals surface area contributed by atoms with Gasteiger partial charge in [0, 0.05) is 24.8 Å². The first-order chi connectivity index (χ1) is 7.84. The Hall–Kier alpha value is -2.10. The summed E-state index contributed by atoms with van der Waals surface area (Å²) >= 11 is 0. The quantitative estimate of drug-likeness (QED) is 0.705. The molecule has 0 unspecified atom stereocenters. The Morgan fingerprint density at radius 3 is 3.00 bits per heavy atom. The lowest BCUT2D eigenvalue weighted by molar-refractivity contribution is 0.769. The molecule has 0 saturated carbocycles. The summed E-state index contributed by atoms with van der Waals surface area (Å²) in [4.78, 5) is 7.32. The molecule has 0 atom stereocenters. The second-order valence-corrected chi connectivity index (χ2v) is 3.80. The number of hydrogen-bond acceptors (Lipinski definition) is 2. The van der Waals surface area contributed by atoms with E-state index in [1.807, 2.05) is 30.1 Å². The maximum atomic E-state index is 4.52. The number of H-pyrrole nitrogens is 1. The van der Waals surface area contributed by atoms with Gasteiger partial charge in [-0.15, -0.1) is 0 Å². The zero-order valence-electron chi connectivity index (χ0n) is 9.01. The second-order valence-electron chi connectivity index (χ2n) is 3.80. The van der Waals surface area contributed by atoms with E-state index in [2.05, 4.69) is 27.2 Å². The predicted octanol–water partition coefficient (Wildman–Crippen LogP) is 1.89. The third kappa shape index (κ3) is 1.39. The van der Waals surface area contributed by atoms with Gasteiger partial charge in [0.05, 0.1) is 17.6 Å². The number of para-hydroxylation sites is 1. The molecule has 4 heteroatoms. The SMILES string of the molecule is Cn1nc(Cc2ncc[nH]2)c2ccccc21. The first kappa shape index (κ1) is 9.15. The van der Waals surface area contributed by atoms with Crippen LogP contribution >= 0.6 is 0 Å². The van der Waals surface area contributed by atoms with Crippen molar-refractivity contribution in [3.8, 4) is 0 Å². The van der Waals surface area contributed by atoms with Crippen LogP contribution in [0.2, 0.25) is 0 Å². The maximum Gasteiger partial charge on any atom is 0.112 e. The molecule has 3 aromatic rings. The monoisotopic (exact) mass is 212 g/mol. The van der Waals surface area contributed by atoms with E-state index >= 15 is 0 Å². The number of hydrogen-bond donors (Lipinski definition) is 1. The van der Waals surface area contributed by atoms with Gasteiger partial charge in [-0.05, 0) is 6.07 Å². The highest BCUT2D eigenvalue weighted by atomic mass is 15.3. The van der Waals surface area contributed by atoms with Crippen LogP contribution < -0.4 is 0 Å². The largest absolute Gasteiger partial charge is 0.348 e. The molecule has 2 heterocycles. The molecule has 0 amide bonds. The van der Waals surface area contributed by atoms with E-state index in [1.165, 1.54) is 5.39 Å². The lowest BCUT2D eigenvalue weighted by Gasteiger charge is -1.93. The van der Waals surface area contributed by atoms with Gasteiger partial charge in [0.25, 0.3) is 0 Å². The van der Waals surface area contributed by atoms with Gasteiger partial charge in [-0.3, -0.25) is 4.68 Å². The summed E-state index contributed by atoms with van der Waals surface area (Å²) in [5.41, 5.74) is 2.22. The minimum atomic E-state index is 0.744. The predicted molar refractivity (Wildman–Crippen MR) is 62.1 cm³/mol. The third-order valence-electron chi connectivity index (χ3n) is 2.72. The van der Waals surface area contributed by atoms with Crippen molar-refractivity contribution in [2.24, 2.45) is 7.05 Å². The molecule has 1 aromatic carbocycles. The average Bonchev–Trinajstić information content (AvgIpc) is 2.90. The van der Waals surface area contributed by atoms with Crippen molar-refractivity contribution in [3.63, 3.8) is 0 Å². The highest BCUT2D eigenvalue weighted by Crippen LogP contribution is 2.18. The van der Waals surface area contributed by atoms with E-state index in [0.29, 0.717) is 0 Å². The molecule has 0 bridgehead atoms. The average molecular weight is 212 g/mol. The van der Waals surface area contributed by atoms with E-state index < -0.39 is 0 Å². The minimum absolute atomic E-state index is 0.744. The molecule has 0 radical (unpaired) electrons. The van der Waals surface area contributed by atoms with Gasteiger partial charge in [-0.25, -0.2) is 4.98 Å². The molecule has 3 rings (SSSR count).